The standard InChI is InChI=1S/C43H48ClN5O4.ClH/c1-45-18-15-31-25-34(12-14-39(31)45)47(16-6-7-21-50)43(52)38-27-41(48-17-5-4-10-40(38)48)37-26-33(44)11-13-36(37)42(51)49-28-32-9-3-2-8-30(32)24-35(49)29-46-19-22-53-23-20-46;/h2-3,8-9,11-15,18,25-27,35,50H,4-7,10,16-17,19-24,28-29H2,1H3;1H/t35-;/m0./s1. The van der Waals surface area contributed by atoms with Gasteiger partial charge in [0.1, 0.15) is 0 Å². The number of amides is 2. The van der Waals surface area contributed by atoms with Crippen LogP contribution in [-0.2, 0) is 37.7 Å². The van der Waals surface area contributed by atoms with Crippen LogP contribution < -0.4 is 4.90 Å². The van der Waals surface area contributed by atoms with Gasteiger partial charge in [0.05, 0.1) is 18.8 Å². The number of hydrogen-bond acceptors (Lipinski definition) is 5. The Morgan fingerprint density at radius 3 is 2.56 bits per heavy atom. The summed E-state index contributed by atoms with van der Waals surface area (Å²) in [5, 5.41) is 11.2. The molecule has 8 rings (SSSR count). The normalized spacial score (nSPS) is 17.2. The van der Waals surface area contributed by atoms with Gasteiger partial charge in [-0.1, -0.05) is 35.9 Å². The van der Waals surface area contributed by atoms with Crippen LogP contribution in [0.2, 0.25) is 5.02 Å². The number of rotatable bonds is 10. The minimum Gasteiger partial charge on any atom is -0.396 e. The number of aliphatic hydroxyl groups excluding tert-OH is 1. The first kappa shape index (κ1) is 38.2. The Balaban J connectivity index is 0.00000450. The number of carbonyl (C=O) groups excluding carboxylic acids is 2. The number of nitrogens with zero attached hydrogens (tertiary/aromatic N) is 5. The number of ether oxygens (including phenoxy) is 1. The molecule has 0 saturated carbocycles. The van der Waals surface area contributed by atoms with E-state index in [1.165, 1.54) is 11.1 Å². The lowest BCUT2D eigenvalue weighted by Gasteiger charge is -2.40. The fourth-order valence-corrected chi connectivity index (χ4v) is 8.71. The summed E-state index contributed by atoms with van der Waals surface area (Å²) in [4.78, 5) is 36.1. The molecular weight excluding hydrogens is 721 g/mol. The molecule has 1 saturated heterocycles. The zero-order valence-electron chi connectivity index (χ0n) is 30.9. The molecule has 5 heterocycles. The van der Waals surface area contributed by atoms with Crippen LogP contribution in [0.4, 0.5) is 5.69 Å². The van der Waals surface area contributed by atoms with Gasteiger partial charge in [0.25, 0.3) is 11.8 Å². The second-order valence-corrected chi connectivity index (χ2v) is 15.2. The van der Waals surface area contributed by atoms with Gasteiger partial charge in [-0.25, -0.2) is 0 Å². The van der Waals surface area contributed by atoms with Crippen molar-refractivity contribution in [3.8, 4) is 11.3 Å². The molecular formula is C43H49Cl2N5O4. The van der Waals surface area contributed by atoms with Crippen molar-refractivity contribution < 1.29 is 19.4 Å². The number of halogens is 2. The average Bonchev–Trinajstić information content (AvgIpc) is 3.76. The molecule has 54 heavy (non-hydrogen) atoms. The first-order valence-electron chi connectivity index (χ1n) is 19.1. The highest BCUT2D eigenvalue weighted by atomic mass is 35.5. The van der Waals surface area contributed by atoms with Crippen LogP contribution in [0.3, 0.4) is 0 Å². The SMILES string of the molecule is Cl.Cn1ccc2cc(N(CCCCO)C(=O)c3cc(-c4cc(Cl)ccc4C(=O)N4Cc5ccccc5C[C@H]4CN4CCOCC4)n4c3CCCC4)ccc21. The Morgan fingerprint density at radius 2 is 1.74 bits per heavy atom. The lowest BCUT2D eigenvalue weighted by atomic mass is 9.92. The van der Waals surface area contributed by atoms with Crippen molar-refractivity contribution in [2.24, 2.45) is 7.05 Å². The third-order valence-electron chi connectivity index (χ3n) is 11.4. The average molecular weight is 771 g/mol. The predicted octanol–water partition coefficient (Wildman–Crippen LogP) is 7.38. The lowest BCUT2D eigenvalue weighted by Crippen LogP contribution is -2.52. The Labute approximate surface area is 328 Å². The Hall–Kier alpha value is -4.12. The van der Waals surface area contributed by atoms with Crippen molar-refractivity contribution in [2.45, 2.75) is 57.7 Å². The van der Waals surface area contributed by atoms with Crippen LogP contribution in [0.1, 0.15) is 63.2 Å². The molecule has 11 heteroatoms. The largest absolute Gasteiger partial charge is 0.396 e. The summed E-state index contributed by atoms with van der Waals surface area (Å²) >= 11 is 6.74. The summed E-state index contributed by atoms with van der Waals surface area (Å²) in [6.07, 6.45) is 6.86. The third-order valence-corrected chi connectivity index (χ3v) is 11.6. The van der Waals surface area contributed by atoms with Gasteiger partial charge in [-0.3, -0.25) is 14.5 Å². The monoisotopic (exact) mass is 769 g/mol. The molecule has 1 fully saturated rings. The Bertz CT molecular complexity index is 2140. The van der Waals surface area contributed by atoms with Gasteiger partial charge >= 0.3 is 0 Å². The summed E-state index contributed by atoms with van der Waals surface area (Å²) in [7, 11) is 2.02. The van der Waals surface area contributed by atoms with E-state index in [0.717, 1.165) is 85.4 Å². The van der Waals surface area contributed by atoms with Crippen LogP contribution in [0.5, 0.6) is 0 Å². The number of hydrogen-bond donors (Lipinski definition) is 1. The van der Waals surface area contributed by atoms with Crippen molar-refractivity contribution in [3.05, 3.63) is 112 Å². The molecule has 5 aromatic rings. The molecule has 0 unspecified atom stereocenters. The zero-order valence-corrected chi connectivity index (χ0v) is 32.5. The maximum Gasteiger partial charge on any atom is 0.260 e. The molecule has 0 aliphatic carbocycles. The van der Waals surface area contributed by atoms with Crippen molar-refractivity contribution >= 4 is 52.4 Å². The number of fused-ring (bicyclic) bond motifs is 3. The zero-order chi connectivity index (χ0) is 36.5. The fourth-order valence-electron chi connectivity index (χ4n) is 8.54. The minimum atomic E-state index is -0.0664. The van der Waals surface area contributed by atoms with Gasteiger partial charge in [-0.05, 0) is 98.2 Å². The Kier molecular flexibility index (Phi) is 11.8. The summed E-state index contributed by atoms with van der Waals surface area (Å²) in [5.41, 5.74) is 8.27. The molecule has 3 aliphatic heterocycles. The van der Waals surface area contributed by atoms with Gasteiger partial charge in [-0.2, -0.15) is 0 Å². The van der Waals surface area contributed by atoms with Gasteiger partial charge < -0.3 is 28.8 Å². The molecule has 9 nitrogen and oxygen atoms in total. The van der Waals surface area contributed by atoms with E-state index in [1.54, 1.807) is 0 Å². The summed E-state index contributed by atoms with van der Waals surface area (Å²) in [5.74, 6) is -0.0892. The van der Waals surface area contributed by atoms with Crippen LogP contribution in [-0.4, -0.2) is 87.9 Å². The lowest BCUT2D eigenvalue weighted by molar-refractivity contribution is 0.0193. The van der Waals surface area contributed by atoms with E-state index in [4.69, 9.17) is 16.3 Å². The molecule has 2 amide bonds. The van der Waals surface area contributed by atoms with Gasteiger partial charge in [0.15, 0.2) is 0 Å². The quantitative estimate of drug-likeness (QED) is 0.150. The highest BCUT2D eigenvalue weighted by Crippen LogP contribution is 2.37. The number of carbonyl (C=O) groups is 2. The summed E-state index contributed by atoms with van der Waals surface area (Å²) < 4.78 is 9.96. The summed E-state index contributed by atoms with van der Waals surface area (Å²) in [6, 6.07) is 24.3. The highest BCUT2D eigenvalue weighted by Gasteiger charge is 2.35. The minimum absolute atomic E-state index is 0. The molecule has 0 spiro atoms. The number of aryl methyl sites for hydroxylation is 1. The third kappa shape index (κ3) is 7.57. The molecule has 2 aromatic heterocycles. The molecule has 284 valence electrons. The first-order valence-corrected chi connectivity index (χ1v) is 19.5. The van der Waals surface area contributed by atoms with Crippen molar-refractivity contribution in [1.82, 2.24) is 18.9 Å². The van der Waals surface area contributed by atoms with E-state index in [1.807, 2.05) is 54.5 Å². The molecule has 0 radical (unpaired) electrons. The van der Waals surface area contributed by atoms with Crippen molar-refractivity contribution in [3.63, 3.8) is 0 Å². The van der Waals surface area contributed by atoms with E-state index in [0.29, 0.717) is 55.3 Å². The smallest absolute Gasteiger partial charge is 0.260 e. The molecule has 3 aromatic carbocycles. The van der Waals surface area contributed by atoms with Gasteiger partial charge in [0, 0.05) is 109 Å². The van der Waals surface area contributed by atoms with Crippen LogP contribution in [0.25, 0.3) is 22.2 Å². The van der Waals surface area contributed by atoms with E-state index < -0.39 is 0 Å². The van der Waals surface area contributed by atoms with Crippen molar-refractivity contribution in [2.75, 3.05) is 50.9 Å². The fraction of sp³-hybridized carbons (Fsp3) is 0.395. The van der Waals surface area contributed by atoms with Crippen LogP contribution >= 0.6 is 24.0 Å². The first-order chi connectivity index (χ1) is 25.9. The number of morpholine rings is 1. The second kappa shape index (κ2) is 16.7. The number of aromatic nitrogens is 2. The van der Waals surface area contributed by atoms with Gasteiger partial charge in [0.2, 0.25) is 0 Å². The number of aliphatic hydroxyl groups is 1. The maximum atomic E-state index is 15.0. The second-order valence-electron chi connectivity index (χ2n) is 14.7. The molecule has 0 bridgehead atoms. The molecule has 1 N–H and O–H groups in total. The number of anilines is 1. The van der Waals surface area contributed by atoms with Crippen molar-refractivity contribution in [1.29, 1.82) is 0 Å². The predicted molar refractivity (Wildman–Crippen MR) is 217 cm³/mol. The summed E-state index contributed by atoms with van der Waals surface area (Å²) in [6.45, 7) is 5.77. The number of unbranched alkanes of at least 4 members (excludes halogenated alkanes) is 1. The van der Waals surface area contributed by atoms with Crippen LogP contribution in [0, 0.1) is 0 Å². The van der Waals surface area contributed by atoms with Crippen LogP contribution in [0.15, 0.2) is 79.0 Å². The topological polar surface area (TPSA) is 83.2 Å². The van der Waals surface area contributed by atoms with E-state index in [-0.39, 0.29) is 36.9 Å². The van der Waals surface area contributed by atoms with Gasteiger partial charge in [-0.15, -0.1) is 12.4 Å². The van der Waals surface area contributed by atoms with E-state index in [9.17, 15) is 14.7 Å². The molecule has 3 aliphatic rings. The molecule has 1 atom stereocenters. The maximum absolute atomic E-state index is 15.0. The number of benzene rings is 3. The Morgan fingerprint density at radius 1 is 0.926 bits per heavy atom. The van der Waals surface area contributed by atoms with E-state index >= 15 is 0 Å². The highest BCUT2D eigenvalue weighted by molar-refractivity contribution is 6.31. The van der Waals surface area contributed by atoms with E-state index in [2.05, 4.69) is 55.3 Å².